The van der Waals surface area contributed by atoms with Crippen LogP contribution in [0.5, 0.6) is 0 Å². The van der Waals surface area contributed by atoms with Gasteiger partial charge in [-0.05, 0) is 31.2 Å². The standard InChI is InChI=1S/C21H24N4O2/c1-4-19(26)22-15(2)21-23-17-12-8-9-13-18(17)25(21)14-20(27)24(3)16-10-6-5-7-11-16/h5-13,15H,4,14H2,1-3H3,(H,22,26). The third-order valence-electron chi connectivity index (χ3n) is 4.58. The number of nitrogens with one attached hydrogen (secondary N) is 1. The molecule has 27 heavy (non-hydrogen) atoms. The maximum atomic E-state index is 12.9. The zero-order valence-electron chi connectivity index (χ0n) is 15.8. The Morgan fingerprint density at radius 3 is 2.48 bits per heavy atom. The lowest BCUT2D eigenvalue weighted by atomic mass is 10.2. The van der Waals surface area contributed by atoms with Crippen molar-refractivity contribution < 1.29 is 9.59 Å². The third-order valence-corrected chi connectivity index (χ3v) is 4.58. The fourth-order valence-electron chi connectivity index (χ4n) is 3.04. The molecule has 0 saturated carbocycles. The summed E-state index contributed by atoms with van der Waals surface area (Å²) < 4.78 is 1.89. The number of likely N-dealkylation sites (N-methyl/N-ethyl adjacent to an activating group) is 1. The van der Waals surface area contributed by atoms with Crippen molar-refractivity contribution in [1.82, 2.24) is 14.9 Å². The van der Waals surface area contributed by atoms with Gasteiger partial charge < -0.3 is 14.8 Å². The van der Waals surface area contributed by atoms with Crippen LogP contribution in [0.4, 0.5) is 5.69 Å². The molecule has 0 spiro atoms. The number of hydrogen-bond donors (Lipinski definition) is 1. The van der Waals surface area contributed by atoms with E-state index in [1.165, 1.54) is 0 Å². The fraction of sp³-hybridized carbons (Fsp3) is 0.286. The van der Waals surface area contributed by atoms with E-state index in [1.54, 1.807) is 11.9 Å². The highest BCUT2D eigenvalue weighted by atomic mass is 16.2. The molecule has 0 fully saturated rings. The zero-order chi connectivity index (χ0) is 19.4. The number of nitrogens with zero attached hydrogens (tertiary/aromatic N) is 3. The lowest BCUT2D eigenvalue weighted by molar-refractivity contribution is -0.121. The van der Waals surface area contributed by atoms with E-state index in [2.05, 4.69) is 10.3 Å². The van der Waals surface area contributed by atoms with E-state index in [9.17, 15) is 9.59 Å². The van der Waals surface area contributed by atoms with E-state index in [0.717, 1.165) is 16.7 Å². The largest absolute Gasteiger partial charge is 0.346 e. The third kappa shape index (κ3) is 4.00. The highest BCUT2D eigenvalue weighted by Crippen LogP contribution is 2.22. The second kappa shape index (κ2) is 8.03. The average molecular weight is 364 g/mol. The van der Waals surface area contributed by atoms with Gasteiger partial charge in [0.05, 0.1) is 17.1 Å². The maximum Gasteiger partial charge on any atom is 0.246 e. The van der Waals surface area contributed by atoms with Crippen LogP contribution in [0, 0.1) is 0 Å². The number of benzene rings is 2. The number of amides is 2. The summed E-state index contributed by atoms with van der Waals surface area (Å²) in [6, 6.07) is 16.9. The van der Waals surface area contributed by atoms with E-state index >= 15 is 0 Å². The minimum atomic E-state index is -0.292. The molecule has 1 unspecified atom stereocenters. The number of carbonyl (C=O) groups is 2. The number of rotatable bonds is 6. The molecule has 0 aliphatic rings. The number of anilines is 1. The van der Waals surface area contributed by atoms with Gasteiger partial charge in [-0.2, -0.15) is 0 Å². The van der Waals surface area contributed by atoms with Crippen LogP contribution < -0.4 is 10.2 Å². The van der Waals surface area contributed by atoms with Crippen molar-refractivity contribution in [3.63, 3.8) is 0 Å². The average Bonchev–Trinajstić information content (AvgIpc) is 3.06. The van der Waals surface area contributed by atoms with Crippen LogP contribution in [-0.2, 0) is 16.1 Å². The smallest absolute Gasteiger partial charge is 0.246 e. The van der Waals surface area contributed by atoms with E-state index in [0.29, 0.717) is 12.2 Å². The van der Waals surface area contributed by atoms with E-state index in [1.807, 2.05) is 73.0 Å². The van der Waals surface area contributed by atoms with Crippen LogP contribution in [-0.4, -0.2) is 28.4 Å². The lowest BCUT2D eigenvalue weighted by Gasteiger charge is -2.20. The van der Waals surface area contributed by atoms with Gasteiger partial charge in [0.1, 0.15) is 12.4 Å². The van der Waals surface area contributed by atoms with Gasteiger partial charge in [-0.3, -0.25) is 9.59 Å². The molecule has 140 valence electrons. The van der Waals surface area contributed by atoms with Crippen molar-refractivity contribution in [2.75, 3.05) is 11.9 Å². The van der Waals surface area contributed by atoms with E-state index in [4.69, 9.17) is 0 Å². The molecular weight excluding hydrogens is 340 g/mol. The molecule has 3 rings (SSSR count). The summed E-state index contributed by atoms with van der Waals surface area (Å²) in [5.74, 6) is 0.571. The van der Waals surface area contributed by atoms with Crippen molar-refractivity contribution in [3.8, 4) is 0 Å². The molecule has 0 saturated heterocycles. The minimum absolute atomic E-state index is 0.0474. The van der Waals surface area contributed by atoms with Gasteiger partial charge in [-0.25, -0.2) is 4.98 Å². The first-order valence-corrected chi connectivity index (χ1v) is 9.07. The molecule has 1 atom stereocenters. The normalized spacial score (nSPS) is 12.0. The predicted octanol–water partition coefficient (Wildman–Crippen LogP) is 3.29. The maximum absolute atomic E-state index is 12.9. The molecule has 2 amide bonds. The summed E-state index contributed by atoms with van der Waals surface area (Å²) in [6.45, 7) is 3.84. The molecule has 0 bridgehead atoms. The van der Waals surface area contributed by atoms with Crippen molar-refractivity contribution in [3.05, 3.63) is 60.4 Å². The van der Waals surface area contributed by atoms with Crippen LogP contribution in [0.1, 0.15) is 32.1 Å². The Morgan fingerprint density at radius 1 is 1.11 bits per heavy atom. The molecular formula is C21H24N4O2. The highest BCUT2D eigenvalue weighted by Gasteiger charge is 2.21. The van der Waals surface area contributed by atoms with Gasteiger partial charge in [0.15, 0.2) is 0 Å². The Bertz CT molecular complexity index is 949. The summed E-state index contributed by atoms with van der Waals surface area (Å²) in [5.41, 5.74) is 2.51. The quantitative estimate of drug-likeness (QED) is 0.730. The van der Waals surface area contributed by atoms with Crippen molar-refractivity contribution in [1.29, 1.82) is 0 Å². The Labute approximate surface area is 158 Å². The van der Waals surface area contributed by atoms with Crippen molar-refractivity contribution >= 4 is 28.5 Å². The van der Waals surface area contributed by atoms with Gasteiger partial charge in [-0.1, -0.05) is 37.3 Å². The van der Waals surface area contributed by atoms with Crippen LogP contribution in [0.2, 0.25) is 0 Å². The molecule has 1 N–H and O–H groups in total. The second-order valence-electron chi connectivity index (χ2n) is 6.48. The molecule has 1 heterocycles. The molecule has 0 radical (unpaired) electrons. The molecule has 3 aromatic rings. The number of fused-ring (bicyclic) bond motifs is 1. The van der Waals surface area contributed by atoms with Crippen LogP contribution in [0.3, 0.4) is 0 Å². The Kier molecular flexibility index (Phi) is 5.54. The Hall–Kier alpha value is -3.15. The molecule has 0 aliphatic carbocycles. The number of aromatic nitrogens is 2. The van der Waals surface area contributed by atoms with Crippen LogP contribution in [0.25, 0.3) is 11.0 Å². The summed E-state index contributed by atoms with van der Waals surface area (Å²) in [6.07, 6.45) is 0.403. The highest BCUT2D eigenvalue weighted by molar-refractivity contribution is 5.93. The fourth-order valence-corrected chi connectivity index (χ4v) is 3.04. The predicted molar refractivity (Wildman–Crippen MR) is 106 cm³/mol. The molecule has 1 aromatic heterocycles. The Balaban J connectivity index is 1.93. The number of hydrogen-bond acceptors (Lipinski definition) is 3. The topological polar surface area (TPSA) is 67.2 Å². The van der Waals surface area contributed by atoms with Crippen LogP contribution in [0.15, 0.2) is 54.6 Å². The first-order valence-electron chi connectivity index (χ1n) is 9.07. The first-order chi connectivity index (χ1) is 13.0. The lowest BCUT2D eigenvalue weighted by Crippen LogP contribution is -2.32. The molecule has 6 nitrogen and oxygen atoms in total. The zero-order valence-corrected chi connectivity index (χ0v) is 15.8. The monoisotopic (exact) mass is 364 g/mol. The molecule has 6 heteroatoms. The van der Waals surface area contributed by atoms with Crippen LogP contribution >= 0.6 is 0 Å². The first kappa shape index (κ1) is 18.6. The minimum Gasteiger partial charge on any atom is -0.346 e. The van der Waals surface area contributed by atoms with E-state index in [-0.39, 0.29) is 24.4 Å². The van der Waals surface area contributed by atoms with Gasteiger partial charge in [0, 0.05) is 19.2 Å². The molecule has 0 aliphatic heterocycles. The van der Waals surface area contributed by atoms with Gasteiger partial charge in [0.2, 0.25) is 11.8 Å². The van der Waals surface area contributed by atoms with Crippen molar-refractivity contribution in [2.24, 2.45) is 0 Å². The molecule has 2 aromatic carbocycles. The number of imidazole rings is 1. The Morgan fingerprint density at radius 2 is 1.78 bits per heavy atom. The number of carbonyl (C=O) groups excluding carboxylic acids is 2. The summed E-state index contributed by atoms with van der Waals surface area (Å²) in [5, 5.41) is 2.93. The summed E-state index contributed by atoms with van der Waals surface area (Å²) in [7, 11) is 1.76. The van der Waals surface area contributed by atoms with E-state index < -0.39 is 0 Å². The summed E-state index contributed by atoms with van der Waals surface area (Å²) in [4.78, 5) is 31.0. The summed E-state index contributed by atoms with van der Waals surface area (Å²) >= 11 is 0. The van der Waals surface area contributed by atoms with Gasteiger partial charge >= 0.3 is 0 Å². The second-order valence-corrected chi connectivity index (χ2v) is 6.48. The van der Waals surface area contributed by atoms with Gasteiger partial charge in [0.25, 0.3) is 0 Å². The SMILES string of the molecule is CCC(=O)NC(C)c1nc2ccccc2n1CC(=O)N(C)c1ccccc1. The van der Waals surface area contributed by atoms with Gasteiger partial charge in [-0.15, -0.1) is 0 Å². The number of para-hydroxylation sites is 3. The van der Waals surface area contributed by atoms with Crippen molar-refractivity contribution in [2.45, 2.75) is 32.9 Å².